The van der Waals surface area contributed by atoms with Crippen LogP contribution in [0.25, 0.3) is 11.3 Å². The van der Waals surface area contributed by atoms with Crippen molar-refractivity contribution in [2.24, 2.45) is 0 Å². The Morgan fingerprint density at radius 1 is 1.35 bits per heavy atom. The molecule has 1 aromatic carbocycles. The van der Waals surface area contributed by atoms with Crippen LogP contribution in [-0.4, -0.2) is 10.8 Å². The van der Waals surface area contributed by atoms with Gasteiger partial charge >= 0.3 is 0 Å². The van der Waals surface area contributed by atoms with Crippen LogP contribution < -0.4 is 0 Å². The van der Waals surface area contributed by atoms with E-state index in [2.05, 4.69) is 18.0 Å². The maximum Gasteiger partial charge on any atom is 0.133 e. The zero-order valence-electron chi connectivity index (χ0n) is 12.0. The average molecular weight is 341 g/mol. The van der Waals surface area contributed by atoms with Gasteiger partial charge in [-0.25, -0.2) is 0 Å². The van der Waals surface area contributed by atoms with Gasteiger partial charge in [0.1, 0.15) is 5.78 Å². The Labute approximate surface area is 145 Å². The smallest absolute Gasteiger partial charge is 0.133 e. The summed E-state index contributed by atoms with van der Waals surface area (Å²) in [6.07, 6.45) is 2.97. The van der Waals surface area contributed by atoms with Gasteiger partial charge in [-0.15, -0.1) is 11.1 Å². The summed E-state index contributed by atoms with van der Waals surface area (Å²) in [6.45, 7) is 4.00. The SMILES string of the molecule is CCC(=O)C[C@H](C)c1cc[c-]cc1-c1ccccn1.[Y]. The van der Waals surface area contributed by atoms with E-state index < -0.39 is 0 Å². The largest absolute Gasteiger partial charge is 0.300 e. The third kappa shape index (κ3) is 4.32. The van der Waals surface area contributed by atoms with Gasteiger partial charge in [0.2, 0.25) is 0 Å². The third-order valence-electron chi connectivity index (χ3n) is 3.30. The average Bonchev–Trinajstić information content (AvgIpc) is 2.48. The van der Waals surface area contributed by atoms with E-state index >= 15 is 0 Å². The van der Waals surface area contributed by atoms with E-state index in [0.29, 0.717) is 18.6 Å². The molecule has 1 aromatic heterocycles. The molecule has 2 nitrogen and oxygen atoms in total. The van der Waals surface area contributed by atoms with Crippen molar-refractivity contribution >= 4 is 5.78 Å². The Kier molecular flexibility index (Phi) is 7.25. The molecule has 0 saturated carbocycles. The number of hydrogen-bond donors (Lipinski definition) is 0. The van der Waals surface area contributed by atoms with E-state index in [0.717, 1.165) is 11.3 Å². The number of hydrogen-bond acceptors (Lipinski definition) is 2. The molecule has 1 radical (unpaired) electrons. The first-order chi connectivity index (χ1) is 9.22. The monoisotopic (exact) mass is 341 g/mol. The van der Waals surface area contributed by atoms with Gasteiger partial charge in [0.15, 0.2) is 0 Å². The first-order valence-corrected chi connectivity index (χ1v) is 6.65. The third-order valence-corrected chi connectivity index (χ3v) is 3.30. The number of benzene rings is 1. The number of Topliss-reactive ketones (excluding diaryl/α,β-unsaturated/α-hetero) is 1. The van der Waals surface area contributed by atoms with Crippen LogP contribution in [0.15, 0.2) is 42.6 Å². The fourth-order valence-electron chi connectivity index (χ4n) is 2.21. The summed E-state index contributed by atoms with van der Waals surface area (Å²) in [5.74, 6) is 0.506. The first kappa shape index (κ1) is 17.2. The normalized spacial score (nSPS) is 11.5. The predicted molar refractivity (Wildman–Crippen MR) is 76.8 cm³/mol. The number of pyridine rings is 1. The molecule has 0 unspecified atom stereocenters. The van der Waals surface area contributed by atoms with Crippen molar-refractivity contribution in [1.29, 1.82) is 0 Å². The van der Waals surface area contributed by atoms with Crippen LogP contribution in [0.4, 0.5) is 0 Å². The van der Waals surface area contributed by atoms with Gasteiger partial charge in [0.25, 0.3) is 0 Å². The molecule has 0 aliphatic rings. The van der Waals surface area contributed by atoms with E-state index in [1.807, 2.05) is 43.3 Å². The molecular formula is C17H18NOY-. The van der Waals surface area contributed by atoms with E-state index in [1.54, 1.807) is 6.20 Å². The number of nitrogens with zero attached hydrogens (tertiary/aromatic N) is 1. The zero-order chi connectivity index (χ0) is 13.7. The van der Waals surface area contributed by atoms with Gasteiger partial charge in [-0.2, -0.15) is 24.3 Å². The maximum absolute atomic E-state index is 11.6. The summed E-state index contributed by atoms with van der Waals surface area (Å²) in [6, 6.07) is 14.8. The molecule has 0 saturated heterocycles. The molecule has 0 aliphatic heterocycles. The number of carbonyl (C=O) groups excluding carboxylic acids is 1. The quantitative estimate of drug-likeness (QED) is 0.769. The van der Waals surface area contributed by atoms with Crippen LogP contribution >= 0.6 is 0 Å². The van der Waals surface area contributed by atoms with E-state index in [1.165, 1.54) is 5.56 Å². The molecule has 3 heteroatoms. The predicted octanol–water partition coefficient (Wildman–Crippen LogP) is 4.02. The summed E-state index contributed by atoms with van der Waals surface area (Å²) in [4.78, 5) is 16.0. The van der Waals surface area contributed by atoms with Crippen LogP contribution in [0.3, 0.4) is 0 Å². The van der Waals surface area contributed by atoms with Crippen molar-refractivity contribution in [2.75, 3.05) is 0 Å². The minimum Gasteiger partial charge on any atom is -0.300 e. The van der Waals surface area contributed by atoms with Crippen molar-refractivity contribution in [2.45, 2.75) is 32.6 Å². The standard InChI is InChI=1S/C17H18NO.Y/c1-3-14(19)12-13(2)15-8-4-5-9-16(15)17-10-6-7-11-18-17;/h4,6-11,13H,3,12H2,1-2H3;/q-1;/t13-;/m0./s1. The summed E-state index contributed by atoms with van der Waals surface area (Å²) in [5, 5.41) is 0. The fourth-order valence-corrected chi connectivity index (χ4v) is 2.21. The van der Waals surface area contributed by atoms with Crippen molar-refractivity contribution in [3.05, 3.63) is 54.2 Å². The van der Waals surface area contributed by atoms with Crippen LogP contribution in [-0.2, 0) is 37.5 Å². The second-order valence-corrected chi connectivity index (χ2v) is 4.73. The van der Waals surface area contributed by atoms with E-state index in [-0.39, 0.29) is 38.6 Å². The molecule has 101 valence electrons. The molecule has 0 fully saturated rings. The van der Waals surface area contributed by atoms with Gasteiger partial charge in [0, 0.05) is 57.4 Å². The topological polar surface area (TPSA) is 30.0 Å². The van der Waals surface area contributed by atoms with Crippen molar-refractivity contribution < 1.29 is 37.5 Å². The molecule has 0 spiro atoms. The van der Waals surface area contributed by atoms with Gasteiger partial charge in [-0.05, 0) is 18.1 Å². The molecule has 1 atom stereocenters. The molecule has 0 amide bonds. The molecule has 2 aromatic rings. The summed E-state index contributed by atoms with van der Waals surface area (Å²) in [7, 11) is 0. The van der Waals surface area contributed by atoms with E-state index in [4.69, 9.17) is 0 Å². The second-order valence-electron chi connectivity index (χ2n) is 4.73. The zero-order valence-corrected chi connectivity index (χ0v) is 14.8. The minimum absolute atomic E-state index is 0. The Balaban J connectivity index is 0.00000200. The number of rotatable bonds is 5. The van der Waals surface area contributed by atoms with Gasteiger partial charge in [-0.3, -0.25) is 9.78 Å². The number of carbonyl (C=O) groups is 1. The Morgan fingerprint density at radius 3 is 2.80 bits per heavy atom. The Morgan fingerprint density at radius 2 is 2.15 bits per heavy atom. The van der Waals surface area contributed by atoms with Crippen molar-refractivity contribution in [1.82, 2.24) is 4.98 Å². The minimum atomic E-state index is 0. The Hall–Kier alpha value is -0.856. The van der Waals surface area contributed by atoms with Gasteiger partial charge in [-0.1, -0.05) is 19.9 Å². The molecule has 2 rings (SSSR count). The molecule has 0 aliphatic carbocycles. The van der Waals surface area contributed by atoms with E-state index in [9.17, 15) is 4.79 Å². The fraction of sp³-hybridized carbons (Fsp3) is 0.294. The summed E-state index contributed by atoms with van der Waals surface area (Å²) in [5.41, 5.74) is 3.17. The molecular weight excluding hydrogens is 323 g/mol. The second kappa shape index (κ2) is 8.43. The van der Waals surface area contributed by atoms with Crippen LogP contribution in [0.1, 0.15) is 38.2 Å². The molecule has 0 N–H and O–H groups in total. The molecule has 20 heavy (non-hydrogen) atoms. The molecule has 1 heterocycles. The van der Waals surface area contributed by atoms with Crippen molar-refractivity contribution in [3.8, 4) is 11.3 Å². The van der Waals surface area contributed by atoms with Gasteiger partial charge in [0.05, 0.1) is 0 Å². The first-order valence-electron chi connectivity index (χ1n) is 6.65. The van der Waals surface area contributed by atoms with Crippen LogP contribution in [0.2, 0.25) is 0 Å². The van der Waals surface area contributed by atoms with Crippen LogP contribution in [0.5, 0.6) is 0 Å². The van der Waals surface area contributed by atoms with Gasteiger partial charge < -0.3 is 0 Å². The maximum atomic E-state index is 11.6. The summed E-state index contributed by atoms with van der Waals surface area (Å²) < 4.78 is 0. The Bertz CT molecular complexity index is 554. The number of aromatic nitrogens is 1. The van der Waals surface area contributed by atoms with Crippen LogP contribution in [0, 0.1) is 6.07 Å². The number of ketones is 1. The van der Waals surface area contributed by atoms with Crippen molar-refractivity contribution in [3.63, 3.8) is 0 Å². The summed E-state index contributed by atoms with van der Waals surface area (Å²) >= 11 is 0. The molecule has 0 bridgehead atoms.